The Labute approximate surface area is 112 Å². The van der Waals surface area contributed by atoms with Crippen molar-refractivity contribution in [2.24, 2.45) is 0 Å². The second-order valence-corrected chi connectivity index (χ2v) is 4.73. The van der Waals surface area contributed by atoms with Crippen molar-refractivity contribution in [2.45, 2.75) is 19.4 Å². The lowest BCUT2D eigenvalue weighted by Gasteiger charge is -2.17. The second kappa shape index (κ2) is 5.80. The number of carbonyl (C=O) groups excluding carboxylic acids is 2. The monoisotopic (exact) mass is 258 g/mol. The Balaban J connectivity index is 2.54. The van der Waals surface area contributed by atoms with E-state index in [9.17, 15) is 9.59 Å². The van der Waals surface area contributed by atoms with Gasteiger partial charge in [-0.1, -0.05) is 12.1 Å². The highest BCUT2D eigenvalue weighted by Gasteiger charge is 2.14. The number of rotatable bonds is 6. The summed E-state index contributed by atoms with van der Waals surface area (Å²) in [6.45, 7) is 2.96. The molecule has 0 saturated heterocycles. The molecule has 0 radical (unpaired) electrons. The van der Waals surface area contributed by atoms with Crippen LogP contribution in [0.4, 0.5) is 0 Å². The Bertz CT molecular complexity index is 601. The lowest BCUT2D eigenvalue weighted by molar-refractivity contribution is 0.111. The van der Waals surface area contributed by atoms with Crippen LogP contribution < -0.4 is 5.32 Å². The average Bonchev–Trinajstić information content (AvgIpc) is 2.82. The normalized spacial score (nSPS) is 12.5. The number of hydrogen-bond acceptors (Lipinski definition) is 3. The van der Waals surface area contributed by atoms with E-state index in [-0.39, 0.29) is 6.04 Å². The highest BCUT2D eigenvalue weighted by Crippen LogP contribution is 2.25. The zero-order chi connectivity index (χ0) is 13.8. The molecule has 100 valence electrons. The van der Waals surface area contributed by atoms with E-state index in [4.69, 9.17) is 0 Å². The number of benzene rings is 1. The summed E-state index contributed by atoms with van der Waals surface area (Å²) in [6.07, 6.45) is 2.62. The first-order valence-corrected chi connectivity index (χ1v) is 6.41. The Morgan fingerprint density at radius 3 is 2.68 bits per heavy atom. The third kappa shape index (κ3) is 2.58. The number of aldehydes is 2. The summed E-state index contributed by atoms with van der Waals surface area (Å²) in [7, 11) is 1.91. The maximum absolute atomic E-state index is 11.2. The van der Waals surface area contributed by atoms with Gasteiger partial charge < -0.3 is 9.88 Å². The van der Waals surface area contributed by atoms with Crippen LogP contribution in [0.2, 0.25) is 0 Å². The van der Waals surface area contributed by atoms with Crippen LogP contribution in [0.25, 0.3) is 10.9 Å². The molecule has 0 amide bonds. The summed E-state index contributed by atoms with van der Waals surface area (Å²) in [6, 6.07) is 7.56. The van der Waals surface area contributed by atoms with Gasteiger partial charge in [0.1, 0.15) is 6.29 Å². The van der Waals surface area contributed by atoms with Crippen molar-refractivity contribution in [2.75, 3.05) is 13.6 Å². The molecular formula is C15H18N2O2. The van der Waals surface area contributed by atoms with Gasteiger partial charge in [0.05, 0.1) is 5.69 Å². The van der Waals surface area contributed by atoms with Crippen molar-refractivity contribution in [3.8, 4) is 0 Å². The molecule has 4 nitrogen and oxygen atoms in total. The van der Waals surface area contributed by atoms with Crippen LogP contribution in [-0.4, -0.2) is 30.7 Å². The molecule has 1 N–H and O–H groups in total. The molecule has 2 rings (SSSR count). The van der Waals surface area contributed by atoms with Gasteiger partial charge in [0.15, 0.2) is 6.29 Å². The maximum Gasteiger partial charge on any atom is 0.166 e. The van der Waals surface area contributed by atoms with Crippen LogP contribution in [0.5, 0.6) is 0 Å². The average molecular weight is 258 g/mol. The molecule has 0 aliphatic rings. The van der Waals surface area contributed by atoms with Gasteiger partial charge >= 0.3 is 0 Å². The minimum atomic E-state index is 0.201. The van der Waals surface area contributed by atoms with Crippen molar-refractivity contribution in [1.82, 2.24) is 9.88 Å². The van der Waals surface area contributed by atoms with Gasteiger partial charge in [0, 0.05) is 22.5 Å². The second-order valence-electron chi connectivity index (χ2n) is 4.73. The largest absolute Gasteiger partial charge is 0.335 e. The molecule has 1 unspecified atom stereocenters. The van der Waals surface area contributed by atoms with Crippen LogP contribution in [0, 0.1) is 0 Å². The molecule has 0 aliphatic heterocycles. The first kappa shape index (κ1) is 13.5. The van der Waals surface area contributed by atoms with E-state index in [1.807, 2.05) is 29.8 Å². The van der Waals surface area contributed by atoms with Crippen LogP contribution in [0.1, 0.15) is 40.2 Å². The Kier molecular flexibility index (Phi) is 4.12. The highest BCUT2D eigenvalue weighted by atomic mass is 16.1. The molecule has 2 aromatic rings. The van der Waals surface area contributed by atoms with Crippen LogP contribution in [-0.2, 0) is 0 Å². The van der Waals surface area contributed by atoms with Crippen LogP contribution in [0.15, 0.2) is 24.3 Å². The van der Waals surface area contributed by atoms with Crippen molar-refractivity contribution < 1.29 is 9.59 Å². The number of fused-ring (bicyclic) bond motifs is 1. The number of carbonyl (C=O) groups is 2. The molecule has 1 atom stereocenters. The van der Waals surface area contributed by atoms with Crippen LogP contribution in [0.3, 0.4) is 0 Å². The smallest absolute Gasteiger partial charge is 0.166 e. The van der Waals surface area contributed by atoms with Crippen molar-refractivity contribution in [3.05, 3.63) is 35.5 Å². The Hall–Kier alpha value is -1.94. The molecule has 0 saturated carbocycles. The van der Waals surface area contributed by atoms with Gasteiger partial charge in [0.25, 0.3) is 0 Å². The lowest BCUT2D eigenvalue weighted by Crippen LogP contribution is -2.15. The van der Waals surface area contributed by atoms with E-state index >= 15 is 0 Å². The molecule has 1 aromatic carbocycles. The third-order valence-corrected chi connectivity index (χ3v) is 3.41. The number of nitrogens with zero attached hydrogens (tertiary/aromatic N) is 1. The van der Waals surface area contributed by atoms with E-state index in [1.165, 1.54) is 0 Å². The summed E-state index contributed by atoms with van der Waals surface area (Å²) < 4.78 is 2.01. The van der Waals surface area contributed by atoms with Gasteiger partial charge in [-0.3, -0.25) is 9.59 Å². The third-order valence-electron chi connectivity index (χ3n) is 3.41. The lowest BCUT2D eigenvalue weighted by atomic mass is 10.1. The summed E-state index contributed by atoms with van der Waals surface area (Å²) in [5.74, 6) is 0. The molecule has 0 bridgehead atoms. The van der Waals surface area contributed by atoms with E-state index in [0.717, 1.165) is 36.4 Å². The molecule has 19 heavy (non-hydrogen) atoms. The number of nitrogens with one attached hydrogen (secondary N) is 1. The van der Waals surface area contributed by atoms with E-state index in [2.05, 4.69) is 12.2 Å². The fraction of sp³-hybridized carbons (Fsp3) is 0.333. The molecule has 1 aromatic heterocycles. The predicted octanol–water partition coefficient (Wildman–Crippen LogP) is 2.44. The zero-order valence-corrected chi connectivity index (χ0v) is 11.2. The molecule has 1 heterocycles. The first-order chi connectivity index (χ1) is 9.21. The predicted molar refractivity (Wildman–Crippen MR) is 76.0 cm³/mol. The fourth-order valence-electron chi connectivity index (χ4n) is 2.40. The Morgan fingerprint density at radius 2 is 2.05 bits per heavy atom. The molecule has 0 fully saturated rings. The van der Waals surface area contributed by atoms with Gasteiger partial charge in [-0.25, -0.2) is 0 Å². The molecule has 4 heteroatoms. The fourth-order valence-corrected chi connectivity index (χ4v) is 2.40. The van der Waals surface area contributed by atoms with E-state index in [0.29, 0.717) is 11.3 Å². The van der Waals surface area contributed by atoms with Crippen molar-refractivity contribution in [3.63, 3.8) is 0 Å². The summed E-state index contributed by atoms with van der Waals surface area (Å²) in [5, 5.41) is 4.10. The topological polar surface area (TPSA) is 51.1 Å². The number of aromatic nitrogens is 1. The van der Waals surface area contributed by atoms with Crippen molar-refractivity contribution >= 4 is 23.5 Å². The van der Waals surface area contributed by atoms with Crippen LogP contribution >= 0.6 is 0 Å². The number of hydrogen-bond donors (Lipinski definition) is 1. The molecule has 0 spiro atoms. The van der Waals surface area contributed by atoms with Gasteiger partial charge in [-0.05, 0) is 39.1 Å². The minimum absolute atomic E-state index is 0.201. The summed E-state index contributed by atoms with van der Waals surface area (Å²) in [4.78, 5) is 22.1. The summed E-state index contributed by atoms with van der Waals surface area (Å²) >= 11 is 0. The molecule has 0 aliphatic carbocycles. The molecular weight excluding hydrogens is 240 g/mol. The van der Waals surface area contributed by atoms with E-state index in [1.54, 1.807) is 6.07 Å². The standard InChI is InChI=1S/C15H18N2O2/c1-11(5-6-16-2)17-14(10-19)8-13-4-3-12(9-18)7-15(13)17/h3-4,7-11,16H,5-6H2,1-2H3. The SMILES string of the molecule is CNCCC(C)n1c(C=O)cc2ccc(C=O)cc21. The maximum atomic E-state index is 11.2. The van der Waals surface area contributed by atoms with Crippen molar-refractivity contribution in [1.29, 1.82) is 0 Å². The first-order valence-electron chi connectivity index (χ1n) is 6.41. The van der Waals surface area contributed by atoms with Gasteiger partial charge in [-0.15, -0.1) is 0 Å². The van der Waals surface area contributed by atoms with Gasteiger partial charge in [0.2, 0.25) is 0 Å². The quantitative estimate of drug-likeness (QED) is 0.810. The zero-order valence-electron chi connectivity index (χ0n) is 11.2. The van der Waals surface area contributed by atoms with Gasteiger partial charge in [-0.2, -0.15) is 0 Å². The highest BCUT2D eigenvalue weighted by molar-refractivity contribution is 5.92. The Morgan fingerprint density at radius 1 is 1.26 bits per heavy atom. The van der Waals surface area contributed by atoms with E-state index < -0.39 is 0 Å². The minimum Gasteiger partial charge on any atom is -0.335 e. The summed E-state index contributed by atoms with van der Waals surface area (Å²) in [5.41, 5.74) is 2.22.